The minimum absolute atomic E-state index is 0.00998. The van der Waals surface area contributed by atoms with Gasteiger partial charge in [0, 0.05) is 25.2 Å². The van der Waals surface area contributed by atoms with E-state index in [0.29, 0.717) is 13.1 Å². The fraction of sp³-hybridized carbons (Fsp3) is 1.00. The highest BCUT2D eigenvalue weighted by atomic mass is 32.2. The zero-order chi connectivity index (χ0) is 9.47. The Hall–Kier alpha value is -0.170. The largest absolute Gasteiger partial charge is 0.326 e. The van der Waals surface area contributed by atoms with Gasteiger partial charge in [0.1, 0.15) is 0 Å². The summed E-state index contributed by atoms with van der Waals surface area (Å²) >= 11 is 0. The molecule has 76 valence electrons. The fourth-order valence-corrected chi connectivity index (χ4v) is 3.00. The van der Waals surface area contributed by atoms with Gasteiger partial charge >= 0.3 is 0 Å². The van der Waals surface area contributed by atoms with Crippen LogP contribution in [0.15, 0.2) is 0 Å². The van der Waals surface area contributed by atoms with Crippen molar-refractivity contribution in [2.24, 2.45) is 5.73 Å². The Kier molecular flexibility index (Phi) is 2.31. The van der Waals surface area contributed by atoms with Crippen molar-refractivity contribution in [1.82, 2.24) is 9.03 Å². The van der Waals surface area contributed by atoms with Crippen molar-refractivity contribution in [2.75, 3.05) is 13.1 Å². The smallest absolute Gasteiger partial charge is 0.279 e. The summed E-state index contributed by atoms with van der Waals surface area (Å²) < 4.78 is 27.3. The Morgan fingerprint density at radius 1 is 1.31 bits per heavy atom. The molecule has 0 spiro atoms. The number of hydrogen-bond donors (Lipinski definition) is 2. The van der Waals surface area contributed by atoms with Gasteiger partial charge in [-0.2, -0.15) is 17.4 Å². The van der Waals surface area contributed by atoms with E-state index in [1.807, 2.05) is 0 Å². The molecule has 3 N–H and O–H groups in total. The summed E-state index contributed by atoms with van der Waals surface area (Å²) in [6.45, 7) is 1.02. The summed E-state index contributed by atoms with van der Waals surface area (Å²) in [6.07, 6.45) is 2.71. The van der Waals surface area contributed by atoms with Crippen LogP contribution in [0.2, 0.25) is 0 Å². The van der Waals surface area contributed by atoms with Gasteiger partial charge in [-0.15, -0.1) is 0 Å². The zero-order valence-electron chi connectivity index (χ0n) is 7.44. The van der Waals surface area contributed by atoms with Crippen LogP contribution in [0.4, 0.5) is 0 Å². The van der Waals surface area contributed by atoms with Crippen molar-refractivity contribution in [1.29, 1.82) is 0 Å². The summed E-state index contributed by atoms with van der Waals surface area (Å²) in [7, 11) is -3.23. The molecule has 0 unspecified atom stereocenters. The summed E-state index contributed by atoms with van der Waals surface area (Å²) in [5, 5.41) is 0. The molecule has 0 aromatic heterocycles. The average molecular weight is 205 g/mol. The van der Waals surface area contributed by atoms with Crippen molar-refractivity contribution >= 4 is 10.2 Å². The van der Waals surface area contributed by atoms with Gasteiger partial charge in [-0.1, -0.05) is 0 Å². The number of nitrogens with one attached hydrogen (secondary N) is 1. The third-order valence-electron chi connectivity index (χ3n) is 2.42. The Morgan fingerprint density at radius 2 is 2.00 bits per heavy atom. The molecule has 1 heterocycles. The topological polar surface area (TPSA) is 75.4 Å². The van der Waals surface area contributed by atoms with Crippen LogP contribution in [-0.4, -0.2) is 37.9 Å². The highest BCUT2D eigenvalue weighted by Gasteiger charge is 2.34. The molecule has 0 aromatic carbocycles. The molecule has 0 radical (unpaired) electrons. The van der Waals surface area contributed by atoms with E-state index in [-0.39, 0.29) is 12.1 Å². The van der Waals surface area contributed by atoms with E-state index in [1.54, 1.807) is 0 Å². The maximum Gasteiger partial charge on any atom is 0.279 e. The SMILES string of the molecule is N[C@@H]1CCN(S(=O)(=O)NC2CC2)C1. The van der Waals surface area contributed by atoms with Gasteiger partial charge in [-0.05, 0) is 19.3 Å². The Balaban J connectivity index is 1.97. The summed E-state index contributed by atoms with van der Waals surface area (Å²) in [5.41, 5.74) is 5.63. The van der Waals surface area contributed by atoms with Gasteiger partial charge in [0.2, 0.25) is 0 Å². The molecule has 5 nitrogen and oxygen atoms in total. The van der Waals surface area contributed by atoms with E-state index in [2.05, 4.69) is 4.72 Å². The summed E-state index contributed by atoms with van der Waals surface area (Å²) in [5.74, 6) is 0. The molecular weight excluding hydrogens is 190 g/mol. The van der Waals surface area contributed by atoms with Crippen LogP contribution in [0.5, 0.6) is 0 Å². The molecule has 0 bridgehead atoms. The van der Waals surface area contributed by atoms with E-state index in [1.165, 1.54) is 4.31 Å². The van der Waals surface area contributed by atoms with Crippen LogP contribution in [0.1, 0.15) is 19.3 Å². The second-order valence-corrected chi connectivity index (χ2v) is 5.51. The molecule has 2 aliphatic rings. The molecule has 1 aliphatic heterocycles. The minimum atomic E-state index is -3.23. The normalized spacial score (nSPS) is 31.0. The van der Waals surface area contributed by atoms with Crippen LogP contribution in [0.3, 0.4) is 0 Å². The minimum Gasteiger partial charge on any atom is -0.326 e. The van der Waals surface area contributed by atoms with E-state index < -0.39 is 10.2 Å². The van der Waals surface area contributed by atoms with Crippen LogP contribution in [-0.2, 0) is 10.2 Å². The van der Waals surface area contributed by atoms with Crippen LogP contribution < -0.4 is 10.5 Å². The molecule has 0 aromatic rings. The highest BCUT2D eigenvalue weighted by Crippen LogP contribution is 2.21. The van der Waals surface area contributed by atoms with Gasteiger partial charge in [0.05, 0.1) is 0 Å². The lowest BCUT2D eigenvalue weighted by Gasteiger charge is -2.15. The van der Waals surface area contributed by atoms with Crippen molar-refractivity contribution in [2.45, 2.75) is 31.3 Å². The van der Waals surface area contributed by atoms with Crippen LogP contribution >= 0.6 is 0 Å². The third kappa shape index (κ3) is 2.19. The van der Waals surface area contributed by atoms with Gasteiger partial charge in [-0.25, -0.2) is 0 Å². The van der Waals surface area contributed by atoms with E-state index in [0.717, 1.165) is 19.3 Å². The molecule has 1 atom stereocenters. The lowest BCUT2D eigenvalue weighted by atomic mass is 10.3. The maximum atomic E-state index is 11.6. The van der Waals surface area contributed by atoms with E-state index in [9.17, 15) is 8.42 Å². The summed E-state index contributed by atoms with van der Waals surface area (Å²) in [4.78, 5) is 0. The van der Waals surface area contributed by atoms with Gasteiger partial charge < -0.3 is 5.73 Å². The molecule has 6 heteroatoms. The van der Waals surface area contributed by atoms with Gasteiger partial charge in [0.25, 0.3) is 10.2 Å². The molecular formula is C7H15N3O2S. The zero-order valence-corrected chi connectivity index (χ0v) is 8.26. The fourth-order valence-electron chi connectivity index (χ4n) is 1.46. The van der Waals surface area contributed by atoms with Crippen molar-refractivity contribution < 1.29 is 8.42 Å². The molecule has 0 amide bonds. The summed E-state index contributed by atoms with van der Waals surface area (Å²) in [6, 6.07) is 0.192. The van der Waals surface area contributed by atoms with Crippen molar-refractivity contribution in [3.63, 3.8) is 0 Å². The predicted molar refractivity (Wildman–Crippen MR) is 49.2 cm³/mol. The second-order valence-electron chi connectivity index (χ2n) is 3.80. The number of nitrogens with two attached hydrogens (primary N) is 1. The number of hydrogen-bond acceptors (Lipinski definition) is 3. The van der Waals surface area contributed by atoms with Crippen LogP contribution in [0.25, 0.3) is 0 Å². The van der Waals surface area contributed by atoms with Gasteiger partial charge in [-0.3, -0.25) is 0 Å². The number of nitrogens with zero attached hydrogens (tertiary/aromatic N) is 1. The maximum absolute atomic E-state index is 11.6. The van der Waals surface area contributed by atoms with E-state index >= 15 is 0 Å². The Bertz CT molecular complexity index is 286. The molecule has 1 saturated heterocycles. The first-order valence-electron chi connectivity index (χ1n) is 4.61. The standard InChI is InChI=1S/C7H15N3O2S/c8-6-3-4-10(5-6)13(11,12)9-7-1-2-7/h6-7,9H,1-5,8H2/t6-/m1/s1. The van der Waals surface area contributed by atoms with Crippen LogP contribution in [0, 0.1) is 0 Å². The molecule has 13 heavy (non-hydrogen) atoms. The first kappa shape index (κ1) is 9.39. The quantitative estimate of drug-likeness (QED) is 0.621. The Labute approximate surface area is 78.5 Å². The monoisotopic (exact) mass is 205 g/mol. The first-order valence-corrected chi connectivity index (χ1v) is 6.05. The lowest BCUT2D eigenvalue weighted by Crippen LogP contribution is -2.41. The molecule has 1 saturated carbocycles. The molecule has 2 rings (SSSR count). The van der Waals surface area contributed by atoms with Crippen molar-refractivity contribution in [3.8, 4) is 0 Å². The van der Waals surface area contributed by atoms with Gasteiger partial charge in [0.15, 0.2) is 0 Å². The average Bonchev–Trinajstić information content (AvgIpc) is 2.70. The van der Waals surface area contributed by atoms with E-state index in [4.69, 9.17) is 5.73 Å². The lowest BCUT2D eigenvalue weighted by molar-refractivity contribution is 0.460. The Morgan fingerprint density at radius 3 is 2.46 bits per heavy atom. The molecule has 1 aliphatic carbocycles. The highest BCUT2D eigenvalue weighted by molar-refractivity contribution is 7.87. The number of rotatable bonds is 3. The second kappa shape index (κ2) is 3.20. The van der Waals surface area contributed by atoms with Crippen molar-refractivity contribution in [3.05, 3.63) is 0 Å². The first-order chi connectivity index (χ1) is 6.08. The third-order valence-corrected chi connectivity index (χ3v) is 4.06. The predicted octanol–water partition coefficient (Wildman–Crippen LogP) is -0.984. The molecule has 2 fully saturated rings.